The fourth-order valence-corrected chi connectivity index (χ4v) is 3.80. The Balaban J connectivity index is 1.92. The minimum atomic E-state index is -1.11. The zero-order chi connectivity index (χ0) is 25.0. The van der Waals surface area contributed by atoms with Crippen LogP contribution in [0.4, 0.5) is 10.5 Å². The van der Waals surface area contributed by atoms with Gasteiger partial charge in [0.1, 0.15) is 11.5 Å². The van der Waals surface area contributed by atoms with Gasteiger partial charge in [-0.05, 0) is 48.2 Å². The zero-order valence-electron chi connectivity index (χ0n) is 19.4. The van der Waals surface area contributed by atoms with Gasteiger partial charge in [-0.1, -0.05) is 30.3 Å². The summed E-state index contributed by atoms with van der Waals surface area (Å²) in [7, 11) is 3.09. The number of benzene rings is 2. The van der Waals surface area contributed by atoms with Crippen LogP contribution < -0.4 is 20.9 Å². The summed E-state index contributed by atoms with van der Waals surface area (Å²) in [5.74, 6) is -0.729. The predicted octanol–water partition coefficient (Wildman–Crippen LogP) is 3.72. The first kappa shape index (κ1) is 24.4. The molecular formula is C25H27N3O6. The Morgan fingerprint density at radius 3 is 2.53 bits per heavy atom. The molecular weight excluding hydrogens is 438 g/mol. The normalized spacial score (nSPS) is 11.5. The monoisotopic (exact) mass is 465 g/mol. The van der Waals surface area contributed by atoms with Crippen molar-refractivity contribution in [2.24, 2.45) is 7.05 Å². The number of ether oxygens (including phenoxy) is 1. The first-order valence-corrected chi connectivity index (χ1v) is 10.5. The van der Waals surface area contributed by atoms with E-state index in [0.29, 0.717) is 11.1 Å². The SMILES string of the molecule is COc1cccc(-c2cccc(C(CC(=O)O)NC(=O)Nc3c(O)c(C)cn(C)c3=O)c2)c1C. The molecule has 0 bridgehead atoms. The number of hydrogen-bond donors (Lipinski definition) is 4. The van der Waals surface area contributed by atoms with E-state index >= 15 is 0 Å². The van der Waals surface area contributed by atoms with Gasteiger partial charge in [0, 0.05) is 18.8 Å². The molecule has 0 aliphatic carbocycles. The van der Waals surface area contributed by atoms with Gasteiger partial charge >= 0.3 is 12.0 Å². The van der Waals surface area contributed by atoms with E-state index in [2.05, 4.69) is 10.6 Å². The molecule has 0 aliphatic heterocycles. The maximum atomic E-state index is 12.7. The molecule has 4 N–H and O–H groups in total. The van der Waals surface area contributed by atoms with Crippen LogP contribution >= 0.6 is 0 Å². The highest BCUT2D eigenvalue weighted by molar-refractivity contribution is 5.91. The average Bonchev–Trinajstić information content (AvgIpc) is 2.80. The van der Waals surface area contributed by atoms with Crippen LogP contribution in [-0.4, -0.2) is 33.9 Å². The van der Waals surface area contributed by atoms with Crippen molar-refractivity contribution in [3.05, 3.63) is 75.7 Å². The van der Waals surface area contributed by atoms with Gasteiger partial charge in [0.2, 0.25) is 0 Å². The van der Waals surface area contributed by atoms with E-state index in [1.165, 1.54) is 17.8 Å². The van der Waals surface area contributed by atoms with E-state index in [0.717, 1.165) is 22.4 Å². The molecule has 1 atom stereocenters. The quantitative estimate of drug-likeness (QED) is 0.421. The third-order valence-corrected chi connectivity index (χ3v) is 5.56. The van der Waals surface area contributed by atoms with Gasteiger partial charge in [-0.2, -0.15) is 0 Å². The highest BCUT2D eigenvalue weighted by Gasteiger charge is 2.21. The lowest BCUT2D eigenvalue weighted by Crippen LogP contribution is -2.36. The standard InChI is InChI=1S/C25H27N3O6/c1-14-13-28(3)24(32)22(23(14)31)27-25(33)26-19(12-21(29)30)17-8-5-7-16(11-17)18-9-6-10-20(34-4)15(18)2/h5-11,13,19,31H,12H2,1-4H3,(H,29,30)(H2,26,27,33). The number of rotatable bonds is 7. The first-order chi connectivity index (χ1) is 16.1. The van der Waals surface area contributed by atoms with Gasteiger partial charge in [-0.25, -0.2) is 4.79 Å². The molecule has 0 saturated carbocycles. The molecule has 9 nitrogen and oxygen atoms in total. The first-order valence-electron chi connectivity index (χ1n) is 10.5. The number of nitrogens with zero attached hydrogens (tertiary/aromatic N) is 1. The molecule has 2 aromatic carbocycles. The number of pyridine rings is 1. The number of methoxy groups -OCH3 is 1. The molecule has 3 rings (SSSR count). The van der Waals surface area contributed by atoms with Crippen LogP contribution in [0.1, 0.15) is 29.2 Å². The third-order valence-electron chi connectivity index (χ3n) is 5.56. The van der Waals surface area contributed by atoms with Crippen molar-refractivity contribution >= 4 is 17.7 Å². The Hall–Kier alpha value is -4.27. The van der Waals surface area contributed by atoms with Crippen molar-refractivity contribution in [2.45, 2.75) is 26.3 Å². The molecule has 0 spiro atoms. The molecule has 0 aliphatic rings. The van der Waals surface area contributed by atoms with Crippen molar-refractivity contribution in [2.75, 3.05) is 12.4 Å². The zero-order valence-corrected chi connectivity index (χ0v) is 19.4. The molecule has 0 saturated heterocycles. The summed E-state index contributed by atoms with van der Waals surface area (Å²) in [4.78, 5) is 36.6. The number of carboxylic acid groups (broad SMARTS) is 1. The molecule has 1 unspecified atom stereocenters. The second-order valence-electron chi connectivity index (χ2n) is 7.96. The number of carbonyl (C=O) groups excluding carboxylic acids is 1. The van der Waals surface area contributed by atoms with E-state index in [9.17, 15) is 24.6 Å². The van der Waals surface area contributed by atoms with Crippen molar-refractivity contribution < 1.29 is 24.5 Å². The average molecular weight is 466 g/mol. The van der Waals surface area contributed by atoms with Gasteiger partial charge in [-0.15, -0.1) is 0 Å². The van der Waals surface area contributed by atoms with E-state index in [1.54, 1.807) is 32.2 Å². The van der Waals surface area contributed by atoms with Crippen LogP contribution in [0.2, 0.25) is 0 Å². The van der Waals surface area contributed by atoms with Crippen molar-refractivity contribution in [3.63, 3.8) is 0 Å². The second-order valence-corrected chi connectivity index (χ2v) is 7.96. The largest absolute Gasteiger partial charge is 0.505 e. The summed E-state index contributed by atoms with van der Waals surface area (Å²) in [6, 6.07) is 11.1. The van der Waals surface area contributed by atoms with E-state index in [1.807, 2.05) is 31.2 Å². The molecule has 3 aromatic rings. The Labute approximate surface area is 196 Å². The Morgan fingerprint density at radius 1 is 1.15 bits per heavy atom. The molecule has 178 valence electrons. The van der Waals surface area contributed by atoms with Gasteiger partial charge < -0.3 is 30.2 Å². The molecule has 34 heavy (non-hydrogen) atoms. The summed E-state index contributed by atoms with van der Waals surface area (Å²) in [6.07, 6.45) is 1.06. The molecule has 0 fully saturated rings. The molecule has 2 amide bonds. The number of aromatic hydroxyl groups is 1. The fraction of sp³-hybridized carbons (Fsp3) is 0.240. The minimum Gasteiger partial charge on any atom is -0.505 e. The smallest absolute Gasteiger partial charge is 0.319 e. The lowest BCUT2D eigenvalue weighted by Gasteiger charge is -2.20. The Bertz CT molecular complexity index is 1300. The lowest BCUT2D eigenvalue weighted by atomic mass is 9.95. The summed E-state index contributed by atoms with van der Waals surface area (Å²) < 4.78 is 6.63. The van der Waals surface area contributed by atoms with Crippen molar-refractivity contribution in [1.29, 1.82) is 0 Å². The van der Waals surface area contributed by atoms with Gasteiger partial charge in [0.15, 0.2) is 5.69 Å². The molecule has 0 radical (unpaired) electrons. The molecule has 1 aromatic heterocycles. The number of aromatic nitrogens is 1. The maximum Gasteiger partial charge on any atom is 0.319 e. The highest BCUT2D eigenvalue weighted by Crippen LogP contribution is 2.32. The molecule has 1 heterocycles. The van der Waals surface area contributed by atoms with E-state index < -0.39 is 23.6 Å². The van der Waals surface area contributed by atoms with Crippen LogP contribution in [0.15, 0.2) is 53.5 Å². The number of nitrogens with one attached hydrogen (secondary N) is 2. The van der Waals surface area contributed by atoms with E-state index in [4.69, 9.17) is 4.74 Å². The Morgan fingerprint density at radius 2 is 1.85 bits per heavy atom. The summed E-state index contributed by atoms with van der Waals surface area (Å²) in [5.41, 5.74) is 2.76. The summed E-state index contributed by atoms with van der Waals surface area (Å²) in [6.45, 7) is 3.52. The number of aliphatic carboxylic acids is 1. The second kappa shape index (κ2) is 10.1. The van der Waals surface area contributed by atoms with Crippen molar-refractivity contribution in [3.8, 4) is 22.6 Å². The van der Waals surface area contributed by atoms with Gasteiger partial charge in [0.05, 0.1) is 19.6 Å². The summed E-state index contributed by atoms with van der Waals surface area (Å²) in [5, 5.41) is 24.6. The van der Waals surface area contributed by atoms with Crippen LogP contribution in [0.5, 0.6) is 11.5 Å². The minimum absolute atomic E-state index is 0.283. The van der Waals surface area contributed by atoms with Crippen LogP contribution in [0.3, 0.4) is 0 Å². The van der Waals surface area contributed by atoms with Crippen LogP contribution in [-0.2, 0) is 11.8 Å². The topological polar surface area (TPSA) is 130 Å². The molecule has 9 heteroatoms. The van der Waals surface area contributed by atoms with Crippen LogP contribution in [0, 0.1) is 13.8 Å². The number of amides is 2. The van der Waals surface area contributed by atoms with Gasteiger partial charge in [0.25, 0.3) is 5.56 Å². The predicted molar refractivity (Wildman–Crippen MR) is 128 cm³/mol. The van der Waals surface area contributed by atoms with Crippen LogP contribution in [0.25, 0.3) is 11.1 Å². The van der Waals surface area contributed by atoms with Crippen molar-refractivity contribution in [1.82, 2.24) is 9.88 Å². The lowest BCUT2D eigenvalue weighted by molar-refractivity contribution is -0.137. The highest BCUT2D eigenvalue weighted by atomic mass is 16.5. The fourth-order valence-electron chi connectivity index (χ4n) is 3.80. The van der Waals surface area contributed by atoms with Gasteiger partial charge in [-0.3, -0.25) is 9.59 Å². The Kier molecular flexibility index (Phi) is 7.25. The number of urea groups is 1. The number of carbonyl (C=O) groups is 2. The number of hydrogen-bond acceptors (Lipinski definition) is 5. The number of anilines is 1. The number of carboxylic acids is 1. The summed E-state index contributed by atoms with van der Waals surface area (Å²) >= 11 is 0. The van der Waals surface area contributed by atoms with E-state index in [-0.39, 0.29) is 17.9 Å². The third kappa shape index (κ3) is 5.20. The maximum absolute atomic E-state index is 12.7. The number of aryl methyl sites for hydroxylation is 2.